The number of hydrogen-bond donors (Lipinski definition) is 2. The molecule has 0 aliphatic heterocycles. The Hall–Kier alpha value is -1.82. The molecule has 17 heavy (non-hydrogen) atoms. The fourth-order valence-corrected chi connectivity index (χ4v) is 1.51. The molecule has 0 fully saturated rings. The first-order valence-electron chi connectivity index (χ1n) is 5.08. The molecule has 0 amide bonds. The van der Waals surface area contributed by atoms with Gasteiger partial charge in [-0.15, -0.1) is 11.6 Å². The molecule has 1 atom stereocenters. The van der Waals surface area contributed by atoms with Crippen LogP contribution in [0.25, 0.3) is 11.0 Å². The molecule has 1 unspecified atom stereocenters. The number of nitrogens with one attached hydrogen (secondary N) is 2. The summed E-state index contributed by atoms with van der Waals surface area (Å²) in [5.74, 6) is 0.563. The van der Waals surface area contributed by atoms with Crippen LogP contribution in [0.15, 0.2) is 18.2 Å². The molecule has 2 N–H and O–H groups in total. The van der Waals surface area contributed by atoms with E-state index in [1.54, 1.807) is 6.07 Å². The van der Waals surface area contributed by atoms with Gasteiger partial charge in [0.1, 0.15) is 0 Å². The zero-order chi connectivity index (χ0) is 12.4. The zero-order valence-corrected chi connectivity index (χ0v) is 9.86. The minimum atomic E-state index is -0.436. The number of imidazole rings is 1. The average molecular weight is 255 g/mol. The van der Waals surface area contributed by atoms with E-state index >= 15 is 0 Å². The van der Waals surface area contributed by atoms with Crippen molar-refractivity contribution >= 4 is 34.3 Å². The number of alkyl halides is 1. The molecule has 90 valence electrons. The van der Waals surface area contributed by atoms with Crippen molar-refractivity contribution in [2.75, 3.05) is 11.9 Å². The second-order valence-corrected chi connectivity index (χ2v) is 4.45. The minimum absolute atomic E-state index is 0.0162. The van der Waals surface area contributed by atoms with Gasteiger partial charge in [-0.05, 0) is 13.0 Å². The fraction of sp³-hybridized carbons (Fsp3) is 0.300. The lowest BCUT2D eigenvalue weighted by atomic mass is 10.3. The molecule has 0 aliphatic carbocycles. The Labute approximate surface area is 102 Å². The Balaban J connectivity index is 2.27. The number of non-ortho nitro benzene ring substituents is 1. The van der Waals surface area contributed by atoms with Crippen LogP contribution in [0.2, 0.25) is 0 Å². The number of fused-ring (bicyclic) bond motifs is 1. The molecule has 2 rings (SSSR count). The van der Waals surface area contributed by atoms with E-state index in [1.165, 1.54) is 12.1 Å². The minimum Gasteiger partial charge on any atom is -0.354 e. The van der Waals surface area contributed by atoms with Gasteiger partial charge in [0.25, 0.3) is 5.69 Å². The number of aromatic nitrogens is 2. The molecule has 1 heterocycles. The van der Waals surface area contributed by atoms with Gasteiger partial charge in [0.15, 0.2) is 0 Å². The van der Waals surface area contributed by atoms with E-state index < -0.39 is 4.92 Å². The van der Waals surface area contributed by atoms with Crippen LogP contribution in [0, 0.1) is 10.1 Å². The van der Waals surface area contributed by atoms with Crippen molar-refractivity contribution in [3.63, 3.8) is 0 Å². The predicted octanol–water partition coefficient (Wildman–Crippen LogP) is 2.51. The lowest BCUT2D eigenvalue weighted by Crippen LogP contribution is -2.11. The molecule has 0 radical (unpaired) electrons. The van der Waals surface area contributed by atoms with Gasteiger partial charge in [-0.25, -0.2) is 4.98 Å². The van der Waals surface area contributed by atoms with Crippen LogP contribution in [-0.4, -0.2) is 26.8 Å². The summed E-state index contributed by atoms with van der Waals surface area (Å²) in [6.07, 6.45) is 0. The number of nitro groups is 1. The summed E-state index contributed by atoms with van der Waals surface area (Å²) in [6, 6.07) is 4.49. The van der Waals surface area contributed by atoms with Gasteiger partial charge in [-0.2, -0.15) is 0 Å². The maximum Gasteiger partial charge on any atom is 0.271 e. The molecule has 6 nitrogen and oxygen atoms in total. The predicted molar refractivity (Wildman–Crippen MR) is 66.6 cm³/mol. The molecule has 1 aromatic carbocycles. The number of anilines is 1. The third kappa shape index (κ3) is 2.65. The maximum atomic E-state index is 10.6. The molecule has 7 heteroatoms. The van der Waals surface area contributed by atoms with Crippen molar-refractivity contribution in [2.24, 2.45) is 0 Å². The van der Waals surface area contributed by atoms with Crippen LogP contribution < -0.4 is 5.32 Å². The van der Waals surface area contributed by atoms with Crippen molar-refractivity contribution < 1.29 is 4.92 Å². The SMILES string of the molecule is CC(Cl)CNc1nc2ccc([N+](=O)[O-])cc2[nH]1. The van der Waals surface area contributed by atoms with Crippen molar-refractivity contribution in [1.29, 1.82) is 0 Å². The molecular formula is C10H11ClN4O2. The monoisotopic (exact) mass is 254 g/mol. The molecule has 2 aromatic rings. The maximum absolute atomic E-state index is 10.6. The highest BCUT2D eigenvalue weighted by Crippen LogP contribution is 2.20. The molecule has 0 saturated carbocycles. The molecular weight excluding hydrogens is 244 g/mol. The second-order valence-electron chi connectivity index (χ2n) is 3.71. The topological polar surface area (TPSA) is 83.8 Å². The summed E-state index contributed by atoms with van der Waals surface area (Å²) in [6.45, 7) is 2.44. The number of H-pyrrole nitrogens is 1. The number of aromatic amines is 1. The Bertz CT molecular complexity index is 552. The third-order valence-corrected chi connectivity index (χ3v) is 2.38. The first-order valence-corrected chi connectivity index (χ1v) is 5.52. The van der Waals surface area contributed by atoms with E-state index in [0.29, 0.717) is 23.5 Å². The smallest absolute Gasteiger partial charge is 0.271 e. The lowest BCUT2D eigenvalue weighted by Gasteiger charge is -2.02. The highest BCUT2D eigenvalue weighted by atomic mass is 35.5. The van der Waals surface area contributed by atoms with E-state index in [-0.39, 0.29) is 11.1 Å². The highest BCUT2D eigenvalue weighted by Gasteiger charge is 2.09. The number of nitro benzene ring substituents is 1. The van der Waals surface area contributed by atoms with E-state index in [9.17, 15) is 10.1 Å². The van der Waals surface area contributed by atoms with Gasteiger partial charge in [-0.1, -0.05) is 0 Å². The highest BCUT2D eigenvalue weighted by molar-refractivity contribution is 6.20. The van der Waals surface area contributed by atoms with Gasteiger partial charge >= 0.3 is 0 Å². The van der Waals surface area contributed by atoms with Crippen LogP contribution in [0.3, 0.4) is 0 Å². The molecule has 1 aromatic heterocycles. The van der Waals surface area contributed by atoms with E-state index in [2.05, 4.69) is 15.3 Å². The number of hydrogen-bond acceptors (Lipinski definition) is 4. The van der Waals surface area contributed by atoms with E-state index in [4.69, 9.17) is 11.6 Å². The van der Waals surface area contributed by atoms with Crippen LogP contribution in [0.1, 0.15) is 6.92 Å². The number of benzene rings is 1. The summed E-state index contributed by atoms with van der Waals surface area (Å²) in [7, 11) is 0. The molecule has 0 spiro atoms. The van der Waals surface area contributed by atoms with Gasteiger partial charge < -0.3 is 10.3 Å². The van der Waals surface area contributed by atoms with Crippen LogP contribution in [-0.2, 0) is 0 Å². The normalized spacial score (nSPS) is 12.6. The van der Waals surface area contributed by atoms with Gasteiger partial charge in [-0.3, -0.25) is 10.1 Å². The van der Waals surface area contributed by atoms with Gasteiger partial charge in [0.05, 0.1) is 16.0 Å². The summed E-state index contributed by atoms with van der Waals surface area (Å²) in [4.78, 5) is 17.4. The summed E-state index contributed by atoms with van der Waals surface area (Å²) in [5, 5.41) is 13.6. The number of halogens is 1. The van der Waals surface area contributed by atoms with Gasteiger partial charge in [0, 0.05) is 24.1 Å². The third-order valence-electron chi connectivity index (χ3n) is 2.23. The van der Waals surface area contributed by atoms with Crippen LogP contribution >= 0.6 is 11.6 Å². The van der Waals surface area contributed by atoms with Crippen molar-refractivity contribution in [3.05, 3.63) is 28.3 Å². The average Bonchev–Trinajstić information content (AvgIpc) is 2.67. The van der Waals surface area contributed by atoms with Gasteiger partial charge in [0.2, 0.25) is 5.95 Å². The second kappa shape index (κ2) is 4.58. The van der Waals surface area contributed by atoms with Crippen LogP contribution in [0.5, 0.6) is 0 Å². The Kier molecular flexibility index (Phi) is 3.14. The summed E-state index contributed by atoms with van der Waals surface area (Å²) >= 11 is 5.80. The van der Waals surface area contributed by atoms with Crippen molar-refractivity contribution in [2.45, 2.75) is 12.3 Å². The zero-order valence-electron chi connectivity index (χ0n) is 9.11. The summed E-state index contributed by atoms with van der Waals surface area (Å²) in [5.41, 5.74) is 1.35. The van der Waals surface area contributed by atoms with Crippen molar-refractivity contribution in [1.82, 2.24) is 9.97 Å². The summed E-state index contributed by atoms with van der Waals surface area (Å²) < 4.78 is 0. The Morgan fingerprint density at radius 3 is 3.06 bits per heavy atom. The molecule has 0 aliphatic rings. The quantitative estimate of drug-likeness (QED) is 0.499. The first-order chi connectivity index (χ1) is 8.06. The standard InChI is InChI=1S/C10H11ClN4O2/c1-6(11)5-12-10-13-8-3-2-7(15(16)17)4-9(8)14-10/h2-4,6H,5H2,1H3,(H2,12,13,14). The van der Waals surface area contributed by atoms with E-state index in [1.807, 2.05) is 6.92 Å². The number of nitrogens with zero attached hydrogens (tertiary/aromatic N) is 2. The van der Waals surface area contributed by atoms with E-state index in [0.717, 1.165) is 0 Å². The largest absolute Gasteiger partial charge is 0.354 e. The molecule has 0 saturated heterocycles. The van der Waals surface area contributed by atoms with Crippen molar-refractivity contribution in [3.8, 4) is 0 Å². The first kappa shape index (κ1) is 11.7. The van der Waals surface area contributed by atoms with Crippen LogP contribution in [0.4, 0.5) is 11.6 Å². The molecule has 0 bridgehead atoms. The Morgan fingerprint density at radius 2 is 2.41 bits per heavy atom. The Morgan fingerprint density at radius 1 is 1.65 bits per heavy atom. The lowest BCUT2D eigenvalue weighted by molar-refractivity contribution is -0.384. The number of rotatable bonds is 4. The fourth-order valence-electron chi connectivity index (χ4n) is 1.43.